The van der Waals surface area contributed by atoms with Gasteiger partial charge in [0.05, 0.1) is 10.4 Å². The molecule has 2 rings (SSSR count). The number of thiophene rings is 1. The molecule has 130 valence electrons. The van der Waals surface area contributed by atoms with Gasteiger partial charge in [-0.25, -0.2) is 4.79 Å². The van der Waals surface area contributed by atoms with Crippen molar-refractivity contribution >= 4 is 29.0 Å². The molecule has 0 saturated carbocycles. The van der Waals surface area contributed by atoms with Crippen molar-refractivity contribution in [2.75, 3.05) is 26.2 Å². The van der Waals surface area contributed by atoms with Crippen LogP contribution in [0.4, 0.5) is 4.79 Å². The van der Waals surface area contributed by atoms with Crippen LogP contribution in [0.1, 0.15) is 38.6 Å². The zero-order valence-corrected chi connectivity index (χ0v) is 15.8. The number of hydrogen-bond donors (Lipinski definition) is 1. The first-order chi connectivity index (χ1) is 10.7. The first-order valence-corrected chi connectivity index (χ1v) is 9.09. The van der Waals surface area contributed by atoms with E-state index in [1.54, 1.807) is 16.2 Å². The minimum absolute atomic E-state index is 0.00204. The Labute approximate surface area is 147 Å². The van der Waals surface area contributed by atoms with E-state index in [0.717, 1.165) is 17.4 Å². The Morgan fingerprint density at radius 3 is 2.35 bits per heavy atom. The van der Waals surface area contributed by atoms with Gasteiger partial charge in [-0.1, -0.05) is 11.6 Å². The summed E-state index contributed by atoms with van der Waals surface area (Å²) in [6.07, 6.45) is -0.242. The zero-order chi connectivity index (χ0) is 17.2. The highest BCUT2D eigenvalue weighted by Gasteiger charge is 2.31. The van der Waals surface area contributed by atoms with Gasteiger partial charge in [0.15, 0.2) is 0 Å². The van der Waals surface area contributed by atoms with Gasteiger partial charge < -0.3 is 15.4 Å². The van der Waals surface area contributed by atoms with Crippen molar-refractivity contribution in [1.29, 1.82) is 0 Å². The van der Waals surface area contributed by atoms with Gasteiger partial charge >= 0.3 is 6.09 Å². The van der Waals surface area contributed by atoms with Crippen LogP contribution in [0.3, 0.4) is 0 Å². The highest BCUT2D eigenvalue weighted by molar-refractivity contribution is 7.16. The van der Waals surface area contributed by atoms with E-state index in [0.29, 0.717) is 13.1 Å². The predicted octanol–water partition coefficient (Wildman–Crippen LogP) is 3.34. The van der Waals surface area contributed by atoms with Crippen molar-refractivity contribution in [3.05, 3.63) is 21.3 Å². The molecule has 0 spiro atoms. The maximum absolute atomic E-state index is 12.1. The van der Waals surface area contributed by atoms with Gasteiger partial charge in [-0.05, 0) is 39.8 Å². The molecule has 0 bridgehead atoms. The van der Waals surface area contributed by atoms with E-state index < -0.39 is 5.60 Å². The predicted molar refractivity (Wildman–Crippen MR) is 95.1 cm³/mol. The first-order valence-electron chi connectivity index (χ1n) is 7.90. The molecule has 1 aromatic rings. The van der Waals surface area contributed by atoms with Crippen molar-refractivity contribution in [2.45, 2.75) is 45.4 Å². The average Bonchev–Trinajstić information content (AvgIpc) is 2.83. The van der Waals surface area contributed by atoms with Crippen LogP contribution in [0.5, 0.6) is 0 Å². The zero-order valence-electron chi connectivity index (χ0n) is 14.2. The van der Waals surface area contributed by atoms with Crippen LogP contribution in [0.2, 0.25) is 4.34 Å². The molecule has 0 aliphatic carbocycles. The number of piperazine rings is 1. The molecule has 2 atom stereocenters. The molecule has 23 heavy (non-hydrogen) atoms. The Balaban J connectivity index is 1.98. The highest BCUT2D eigenvalue weighted by Crippen LogP contribution is 2.32. The number of nitrogens with zero attached hydrogens (tertiary/aromatic N) is 2. The minimum atomic E-state index is -0.462. The molecule has 1 fully saturated rings. The van der Waals surface area contributed by atoms with Crippen molar-refractivity contribution in [3.8, 4) is 0 Å². The lowest BCUT2D eigenvalue weighted by atomic mass is 10.1. The lowest BCUT2D eigenvalue weighted by Gasteiger charge is -2.40. The lowest BCUT2D eigenvalue weighted by Crippen LogP contribution is -2.53. The van der Waals surface area contributed by atoms with Gasteiger partial charge in [-0.3, -0.25) is 4.90 Å². The van der Waals surface area contributed by atoms with Crippen LogP contribution in [0, 0.1) is 0 Å². The maximum Gasteiger partial charge on any atom is 0.410 e. The first kappa shape index (κ1) is 18.5. The van der Waals surface area contributed by atoms with E-state index >= 15 is 0 Å². The van der Waals surface area contributed by atoms with E-state index in [-0.39, 0.29) is 18.2 Å². The summed E-state index contributed by atoms with van der Waals surface area (Å²) in [6.45, 7) is 10.5. The number of ether oxygens (including phenoxy) is 1. The largest absolute Gasteiger partial charge is 0.444 e. The molecule has 1 amide bonds. The van der Waals surface area contributed by atoms with Crippen molar-refractivity contribution in [1.82, 2.24) is 9.80 Å². The Morgan fingerprint density at radius 2 is 1.91 bits per heavy atom. The second-order valence-corrected chi connectivity index (χ2v) is 8.70. The second kappa shape index (κ2) is 7.38. The fraction of sp³-hybridized carbons (Fsp3) is 0.688. The Bertz CT molecular complexity index is 534. The number of halogens is 1. The third-order valence-electron chi connectivity index (χ3n) is 3.74. The van der Waals surface area contributed by atoms with Gasteiger partial charge in [0.25, 0.3) is 0 Å². The van der Waals surface area contributed by atoms with Gasteiger partial charge in [0.2, 0.25) is 0 Å². The molecule has 1 saturated heterocycles. The van der Waals surface area contributed by atoms with E-state index in [2.05, 4.69) is 4.90 Å². The summed E-state index contributed by atoms with van der Waals surface area (Å²) in [6, 6.07) is 4.08. The molecule has 0 aromatic carbocycles. The van der Waals surface area contributed by atoms with Gasteiger partial charge in [0.1, 0.15) is 5.60 Å². The summed E-state index contributed by atoms with van der Waals surface area (Å²) in [4.78, 5) is 17.4. The number of carbonyl (C=O) groups is 1. The van der Waals surface area contributed by atoms with E-state index in [4.69, 9.17) is 22.1 Å². The fourth-order valence-electron chi connectivity index (χ4n) is 2.77. The fourth-order valence-corrected chi connectivity index (χ4v) is 4.08. The smallest absolute Gasteiger partial charge is 0.410 e. The number of carbonyl (C=O) groups excluding carboxylic acids is 1. The second-order valence-electron chi connectivity index (χ2n) is 6.95. The minimum Gasteiger partial charge on any atom is -0.444 e. The van der Waals surface area contributed by atoms with Gasteiger partial charge in [-0.2, -0.15) is 0 Å². The number of amides is 1. The SMILES string of the molecule is CC(N)C(c1ccc(Cl)s1)N1CCN(C(=O)OC(C)(C)C)CC1. The van der Waals surface area contributed by atoms with Crippen molar-refractivity contribution in [2.24, 2.45) is 5.73 Å². The summed E-state index contributed by atoms with van der Waals surface area (Å²) in [7, 11) is 0. The highest BCUT2D eigenvalue weighted by atomic mass is 35.5. The third kappa shape index (κ3) is 5.08. The van der Waals surface area contributed by atoms with Crippen LogP contribution in [-0.2, 0) is 4.74 Å². The number of rotatable bonds is 3. The standard InChI is InChI=1S/C16H26ClN3O2S/c1-11(18)14(12-5-6-13(17)23-12)19-7-9-20(10-8-19)15(21)22-16(2,3)4/h5-6,11,14H,7-10,18H2,1-4H3. The lowest BCUT2D eigenvalue weighted by molar-refractivity contribution is 0.00934. The molecule has 1 aliphatic rings. The molecule has 5 nitrogen and oxygen atoms in total. The molecule has 1 aliphatic heterocycles. The monoisotopic (exact) mass is 359 g/mol. The summed E-state index contributed by atoms with van der Waals surface area (Å²) < 4.78 is 6.21. The topological polar surface area (TPSA) is 58.8 Å². The average molecular weight is 360 g/mol. The molecule has 0 radical (unpaired) electrons. The van der Waals surface area contributed by atoms with E-state index in [1.807, 2.05) is 39.8 Å². The molecular formula is C16H26ClN3O2S. The third-order valence-corrected chi connectivity index (χ3v) is 5.04. The Kier molecular flexibility index (Phi) is 5.94. The van der Waals surface area contributed by atoms with Crippen LogP contribution in [0.25, 0.3) is 0 Å². The normalized spacial score (nSPS) is 19.5. The molecule has 2 N–H and O–H groups in total. The van der Waals surface area contributed by atoms with Crippen LogP contribution >= 0.6 is 22.9 Å². The van der Waals surface area contributed by atoms with E-state index in [1.165, 1.54) is 4.88 Å². The van der Waals surface area contributed by atoms with Crippen LogP contribution in [0.15, 0.2) is 12.1 Å². The van der Waals surface area contributed by atoms with E-state index in [9.17, 15) is 4.79 Å². The van der Waals surface area contributed by atoms with Crippen LogP contribution < -0.4 is 5.73 Å². The number of hydrogen-bond acceptors (Lipinski definition) is 5. The summed E-state index contributed by atoms with van der Waals surface area (Å²) >= 11 is 7.64. The Morgan fingerprint density at radius 1 is 1.30 bits per heavy atom. The summed E-state index contributed by atoms with van der Waals surface area (Å²) in [5.74, 6) is 0. The molecule has 7 heteroatoms. The Hall–Kier alpha value is -0.820. The number of nitrogens with two attached hydrogens (primary N) is 1. The summed E-state index contributed by atoms with van der Waals surface area (Å²) in [5, 5.41) is 0. The molecular weight excluding hydrogens is 334 g/mol. The quantitative estimate of drug-likeness (QED) is 0.899. The van der Waals surface area contributed by atoms with Crippen molar-refractivity contribution in [3.63, 3.8) is 0 Å². The van der Waals surface area contributed by atoms with Crippen molar-refractivity contribution < 1.29 is 9.53 Å². The summed E-state index contributed by atoms with van der Waals surface area (Å²) in [5.41, 5.74) is 5.74. The molecule has 1 aromatic heterocycles. The van der Waals surface area contributed by atoms with Gasteiger partial charge in [-0.15, -0.1) is 11.3 Å². The maximum atomic E-state index is 12.1. The van der Waals surface area contributed by atoms with Gasteiger partial charge in [0, 0.05) is 37.1 Å². The molecule has 2 heterocycles. The molecule has 2 unspecified atom stereocenters. The van der Waals surface area contributed by atoms with Crippen LogP contribution in [-0.4, -0.2) is 53.7 Å².